The smallest absolute Gasteiger partial charge is 0.306 e. The standard InChI is InChI=1S/C67H104O6/c1-4-7-10-13-16-19-22-25-28-31-33-36-39-42-45-48-51-54-57-60-66(69)72-63-64(62-71-65(68)59-56-53-50-47-44-41-38-35-30-27-24-21-18-15-12-9-6-3)73-67(70)61-58-55-52-49-46-43-40-37-34-32-29-26-23-20-17-14-11-8-5-2/h8,11,16-21,25-30,33-34,36-37,42-43,45-46,51-52,54-55,64H,4-7,9-10,12-15,22-24,31-32,35,38-41,44,47-50,53,56-63H2,1-3H3/b11-8-,19-16-,20-17-,21-18-,28-25-,29-26-,30-27-,36-33-,37-34-,45-42-,46-43-,54-51-,55-52-/t64-/m0/s1. The first-order chi connectivity index (χ1) is 36.0. The molecule has 0 N–H and O–H groups in total. The third-order valence-corrected chi connectivity index (χ3v) is 11.5. The first-order valence-electron chi connectivity index (χ1n) is 29.0. The molecular weight excluding hydrogens is 901 g/mol. The Bertz CT molecular complexity index is 1670. The van der Waals surface area contributed by atoms with Crippen molar-refractivity contribution >= 4 is 17.9 Å². The highest BCUT2D eigenvalue weighted by molar-refractivity contribution is 5.71. The van der Waals surface area contributed by atoms with Crippen molar-refractivity contribution in [3.63, 3.8) is 0 Å². The molecule has 0 aliphatic rings. The summed E-state index contributed by atoms with van der Waals surface area (Å²) in [6.07, 6.45) is 86.8. The van der Waals surface area contributed by atoms with Gasteiger partial charge in [0.2, 0.25) is 0 Å². The maximum absolute atomic E-state index is 12.8. The van der Waals surface area contributed by atoms with Gasteiger partial charge >= 0.3 is 17.9 Å². The zero-order chi connectivity index (χ0) is 52.9. The van der Waals surface area contributed by atoms with Gasteiger partial charge < -0.3 is 14.2 Å². The summed E-state index contributed by atoms with van der Waals surface area (Å²) in [4.78, 5) is 38.1. The van der Waals surface area contributed by atoms with Crippen LogP contribution < -0.4 is 0 Å². The molecular formula is C67H104O6. The van der Waals surface area contributed by atoms with E-state index < -0.39 is 12.1 Å². The SMILES string of the molecule is CC/C=C\C/C=C\C/C=C\C/C=C\C/C=C\C/C=C\CCC(=O)O[C@H](COC(=O)CC/C=C\C/C=C\C/C=C\C/C=C\C/C=C\CCCCC)COC(=O)CCCCCCCCC/C=C\C/C=C\CCCCC. The van der Waals surface area contributed by atoms with Gasteiger partial charge in [0.25, 0.3) is 0 Å². The fraction of sp³-hybridized carbons (Fsp3) is 0.567. The van der Waals surface area contributed by atoms with Crippen LogP contribution in [-0.2, 0) is 28.6 Å². The van der Waals surface area contributed by atoms with E-state index in [-0.39, 0.29) is 38.0 Å². The second-order valence-corrected chi connectivity index (χ2v) is 18.5. The summed E-state index contributed by atoms with van der Waals surface area (Å²) in [6.45, 7) is 6.32. The first-order valence-corrected chi connectivity index (χ1v) is 29.0. The third-order valence-electron chi connectivity index (χ3n) is 11.5. The first kappa shape index (κ1) is 68.0. The van der Waals surface area contributed by atoms with Crippen LogP contribution in [-0.4, -0.2) is 37.2 Å². The van der Waals surface area contributed by atoms with Gasteiger partial charge in [-0.1, -0.05) is 237 Å². The molecule has 0 saturated carbocycles. The summed E-state index contributed by atoms with van der Waals surface area (Å²) in [6, 6.07) is 0. The number of hydrogen-bond acceptors (Lipinski definition) is 6. The molecule has 0 rings (SSSR count). The molecule has 0 aromatic rings. The van der Waals surface area contributed by atoms with Gasteiger partial charge in [0.15, 0.2) is 6.10 Å². The van der Waals surface area contributed by atoms with Crippen LogP contribution >= 0.6 is 0 Å². The van der Waals surface area contributed by atoms with Crippen molar-refractivity contribution in [1.82, 2.24) is 0 Å². The van der Waals surface area contributed by atoms with Crippen molar-refractivity contribution in [2.24, 2.45) is 0 Å². The molecule has 0 unspecified atom stereocenters. The van der Waals surface area contributed by atoms with Crippen molar-refractivity contribution in [1.29, 1.82) is 0 Å². The van der Waals surface area contributed by atoms with Crippen LogP contribution in [0.5, 0.6) is 0 Å². The van der Waals surface area contributed by atoms with Crippen LogP contribution in [0.3, 0.4) is 0 Å². The molecule has 0 amide bonds. The highest BCUT2D eigenvalue weighted by Crippen LogP contribution is 2.12. The van der Waals surface area contributed by atoms with E-state index in [1.807, 2.05) is 24.3 Å². The number of unbranched alkanes of at least 4 members (excludes halogenated alkanes) is 13. The van der Waals surface area contributed by atoms with Crippen LogP contribution in [0, 0.1) is 0 Å². The molecule has 73 heavy (non-hydrogen) atoms. The monoisotopic (exact) mass is 1000 g/mol. The number of carbonyl (C=O) groups is 3. The van der Waals surface area contributed by atoms with Gasteiger partial charge in [0.1, 0.15) is 13.2 Å². The van der Waals surface area contributed by atoms with Gasteiger partial charge in [-0.3, -0.25) is 14.4 Å². The molecule has 1 atom stereocenters. The molecule has 0 bridgehead atoms. The zero-order valence-electron chi connectivity index (χ0n) is 46.6. The van der Waals surface area contributed by atoms with E-state index in [0.29, 0.717) is 19.3 Å². The number of carbonyl (C=O) groups excluding carboxylic acids is 3. The number of ether oxygens (including phenoxy) is 3. The Labute approximate surface area is 448 Å². The molecule has 0 aromatic heterocycles. The molecule has 0 heterocycles. The molecule has 0 fully saturated rings. The topological polar surface area (TPSA) is 78.9 Å². The summed E-state index contributed by atoms with van der Waals surface area (Å²) in [5, 5.41) is 0. The van der Waals surface area contributed by atoms with Gasteiger partial charge in [0, 0.05) is 19.3 Å². The fourth-order valence-corrected chi connectivity index (χ4v) is 7.19. The van der Waals surface area contributed by atoms with Gasteiger partial charge in [-0.05, 0) is 128 Å². The molecule has 0 spiro atoms. The summed E-state index contributed by atoms with van der Waals surface area (Å²) < 4.78 is 16.7. The van der Waals surface area contributed by atoms with E-state index in [1.165, 1.54) is 77.0 Å². The second kappa shape index (κ2) is 59.6. The molecule has 6 nitrogen and oxygen atoms in total. The summed E-state index contributed by atoms with van der Waals surface area (Å²) in [7, 11) is 0. The van der Waals surface area contributed by atoms with Crippen molar-refractivity contribution < 1.29 is 28.6 Å². The quantitative estimate of drug-likeness (QED) is 0.0261. The van der Waals surface area contributed by atoms with E-state index in [0.717, 1.165) is 96.3 Å². The molecule has 0 aliphatic heterocycles. The minimum Gasteiger partial charge on any atom is -0.462 e. The van der Waals surface area contributed by atoms with E-state index in [9.17, 15) is 14.4 Å². The minimum atomic E-state index is -0.861. The predicted octanol–water partition coefficient (Wildman–Crippen LogP) is 19.8. The van der Waals surface area contributed by atoms with Crippen LogP contribution in [0.1, 0.15) is 226 Å². The van der Waals surface area contributed by atoms with E-state index in [2.05, 4.69) is 154 Å². The Morgan fingerprint density at radius 1 is 0.288 bits per heavy atom. The maximum Gasteiger partial charge on any atom is 0.306 e. The summed E-state index contributed by atoms with van der Waals surface area (Å²) in [5.41, 5.74) is 0. The van der Waals surface area contributed by atoms with Gasteiger partial charge in [0.05, 0.1) is 0 Å². The molecule has 408 valence electrons. The molecule has 0 radical (unpaired) electrons. The Hall–Kier alpha value is -4.97. The largest absolute Gasteiger partial charge is 0.462 e. The fourth-order valence-electron chi connectivity index (χ4n) is 7.19. The van der Waals surface area contributed by atoms with Crippen molar-refractivity contribution in [2.75, 3.05) is 13.2 Å². The van der Waals surface area contributed by atoms with Crippen molar-refractivity contribution in [2.45, 2.75) is 232 Å². The minimum absolute atomic E-state index is 0.142. The number of allylic oxidation sites excluding steroid dienone is 26. The van der Waals surface area contributed by atoms with E-state index in [1.54, 1.807) is 0 Å². The number of hydrogen-bond donors (Lipinski definition) is 0. The van der Waals surface area contributed by atoms with Gasteiger partial charge in [-0.15, -0.1) is 0 Å². The highest BCUT2D eigenvalue weighted by atomic mass is 16.6. The second-order valence-electron chi connectivity index (χ2n) is 18.5. The Balaban J connectivity index is 4.66. The summed E-state index contributed by atoms with van der Waals surface area (Å²) >= 11 is 0. The third kappa shape index (κ3) is 57.8. The Morgan fingerprint density at radius 3 is 0.918 bits per heavy atom. The molecule has 6 heteroatoms. The lowest BCUT2D eigenvalue weighted by Crippen LogP contribution is -2.30. The van der Waals surface area contributed by atoms with Crippen molar-refractivity contribution in [3.05, 3.63) is 158 Å². The molecule has 0 aromatic carbocycles. The number of rotatable bonds is 50. The van der Waals surface area contributed by atoms with Crippen LogP contribution in [0.25, 0.3) is 0 Å². The van der Waals surface area contributed by atoms with E-state index in [4.69, 9.17) is 14.2 Å². The highest BCUT2D eigenvalue weighted by Gasteiger charge is 2.19. The zero-order valence-corrected chi connectivity index (χ0v) is 46.6. The Morgan fingerprint density at radius 2 is 0.562 bits per heavy atom. The maximum atomic E-state index is 12.8. The summed E-state index contributed by atoms with van der Waals surface area (Å²) in [5.74, 6) is -1.13. The average molecular weight is 1010 g/mol. The van der Waals surface area contributed by atoms with Gasteiger partial charge in [-0.2, -0.15) is 0 Å². The Kier molecular flexibility index (Phi) is 55.5. The average Bonchev–Trinajstić information content (AvgIpc) is 3.39. The van der Waals surface area contributed by atoms with E-state index >= 15 is 0 Å². The van der Waals surface area contributed by atoms with Crippen LogP contribution in [0.2, 0.25) is 0 Å². The van der Waals surface area contributed by atoms with Gasteiger partial charge in [-0.25, -0.2) is 0 Å². The van der Waals surface area contributed by atoms with Crippen LogP contribution in [0.4, 0.5) is 0 Å². The predicted molar refractivity (Wildman–Crippen MR) is 315 cm³/mol. The normalized spacial score (nSPS) is 13.3. The van der Waals surface area contributed by atoms with Crippen molar-refractivity contribution in [3.8, 4) is 0 Å². The molecule has 0 aliphatic carbocycles. The molecule has 0 saturated heterocycles. The van der Waals surface area contributed by atoms with Crippen LogP contribution in [0.15, 0.2) is 158 Å². The number of esters is 3. The lowest BCUT2D eigenvalue weighted by molar-refractivity contribution is -0.166. The lowest BCUT2D eigenvalue weighted by atomic mass is 10.1. The lowest BCUT2D eigenvalue weighted by Gasteiger charge is -2.18.